The molecule has 0 bridgehead atoms. The molecule has 0 saturated heterocycles. The fraction of sp³-hybridized carbons (Fsp3) is 0.393. The van der Waals surface area contributed by atoms with Gasteiger partial charge >= 0.3 is 0 Å². The van der Waals surface area contributed by atoms with Gasteiger partial charge in [-0.05, 0) is 62.3 Å². The maximum Gasteiger partial charge on any atom is 0.261 e. The van der Waals surface area contributed by atoms with Crippen LogP contribution >= 0.6 is 0 Å². The van der Waals surface area contributed by atoms with Crippen LogP contribution in [0, 0.1) is 0 Å². The minimum absolute atomic E-state index is 0.177. The van der Waals surface area contributed by atoms with Crippen LogP contribution in [0.5, 0.6) is 0 Å². The number of nitrogens with zero attached hydrogens (tertiary/aromatic N) is 2. The maximum absolute atomic E-state index is 13.1. The van der Waals surface area contributed by atoms with E-state index < -0.39 is 0 Å². The number of carbonyl (C=O) groups excluding carboxylic acids is 3. The lowest BCUT2D eigenvalue weighted by Crippen LogP contribution is -2.30. The molecule has 33 heavy (non-hydrogen) atoms. The van der Waals surface area contributed by atoms with Gasteiger partial charge in [0.05, 0.1) is 16.6 Å². The Labute approximate surface area is 194 Å². The number of hydrogen-bond donors (Lipinski definition) is 0. The molecule has 0 spiro atoms. The minimum Gasteiger partial charge on any atom is -0.284 e. The molecule has 0 saturated carbocycles. The van der Waals surface area contributed by atoms with E-state index in [1.165, 1.54) is 28.0 Å². The molecule has 2 amide bonds. The number of amides is 2. The second-order valence-corrected chi connectivity index (χ2v) is 9.20. The Morgan fingerprint density at radius 1 is 0.758 bits per heavy atom. The maximum atomic E-state index is 13.1. The van der Waals surface area contributed by atoms with Gasteiger partial charge in [0.25, 0.3) is 11.8 Å². The Kier molecular flexibility index (Phi) is 6.12. The van der Waals surface area contributed by atoms with Gasteiger partial charge in [0.2, 0.25) is 5.91 Å². The van der Waals surface area contributed by atoms with Crippen molar-refractivity contribution in [3.05, 3.63) is 70.9 Å². The highest BCUT2D eigenvalue weighted by Gasteiger charge is 2.34. The topological polar surface area (TPSA) is 59.4 Å². The van der Waals surface area contributed by atoms with Crippen LogP contribution in [0.15, 0.2) is 48.5 Å². The largest absolute Gasteiger partial charge is 0.284 e. The third kappa shape index (κ3) is 4.01. The zero-order valence-corrected chi connectivity index (χ0v) is 19.0. The Morgan fingerprint density at radius 3 is 2.18 bits per heavy atom. The van der Waals surface area contributed by atoms with Crippen molar-refractivity contribution in [3.63, 3.8) is 0 Å². The van der Waals surface area contributed by atoms with Crippen LogP contribution in [0.3, 0.4) is 0 Å². The van der Waals surface area contributed by atoms with Gasteiger partial charge < -0.3 is 0 Å². The third-order valence-electron chi connectivity index (χ3n) is 7.08. The van der Waals surface area contributed by atoms with Gasteiger partial charge in [0, 0.05) is 24.0 Å². The molecule has 0 N–H and O–H groups in total. The number of benzene rings is 2. The van der Waals surface area contributed by atoms with Crippen LogP contribution in [-0.2, 0) is 12.8 Å². The summed E-state index contributed by atoms with van der Waals surface area (Å²) in [7, 11) is 0. The van der Waals surface area contributed by atoms with E-state index in [0.717, 1.165) is 56.9 Å². The fourth-order valence-corrected chi connectivity index (χ4v) is 5.41. The predicted molar refractivity (Wildman–Crippen MR) is 129 cm³/mol. The number of hydrogen-bond acceptors (Lipinski definition) is 3. The molecule has 1 aliphatic carbocycles. The van der Waals surface area contributed by atoms with Gasteiger partial charge in [-0.3, -0.25) is 23.9 Å². The molecule has 2 aliphatic rings. The average Bonchev–Trinajstić information content (AvgIpc) is 3.31. The lowest BCUT2D eigenvalue weighted by molar-refractivity contribution is 0.0650. The van der Waals surface area contributed by atoms with E-state index in [4.69, 9.17) is 0 Å². The molecule has 0 radical (unpaired) electrons. The molecule has 0 unspecified atom stereocenters. The normalized spacial score (nSPS) is 15.2. The van der Waals surface area contributed by atoms with Crippen molar-refractivity contribution in [2.24, 2.45) is 0 Å². The van der Waals surface area contributed by atoms with E-state index in [-0.39, 0.29) is 17.7 Å². The first-order valence-corrected chi connectivity index (χ1v) is 12.3. The fourth-order valence-electron chi connectivity index (χ4n) is 5.41. The molecule has 5 rings (SSSR count). The van der Waals surface area contributed by atoms with E-state index in [1.54, 1.807) is 24.3 Å². The molecular weight excluding hydrogens is 412 g/mol. The molecule has 170 valence electrons. The third-order valence-corrected chi connectivity index (χ3v) is 7.08. The number of carbonyl (C=O) groups is 3. The summed E-state index contributed by atoms with van der Waals surface area (Å²) >= 11 is 0. The standard InChI is InChI=1S/C28H30N2O3/c31-26(30-24-16-9-7-12-20(24)21-13-8-10-17-25(21)30)18-4-2-1-3-11-19-29-27(32)22-14-5-6-15-23(22)28(29)33/h5-7,9,12,14-16H,1-4,8,10-11,13,17-19H2. The zero-order chi connectivity index (χ0) is 22.8. The van der Waals surface area contributed by atoms with Crippen LogP contribution < -0.4 is 0 Å². The first kappa shape index (κ1) is 21.6. The molecule has 5 heteroatoms. The molecule has 2 aromatic carbocycles. The Bertz CT molecular complexity index is 1190. The highest BCUT2D eigenvalue weighted by atomic mass is 16.2. The summed E-state index contributed by atoms with van der Waals surface area (Å²) in [6.07, 6.45) is 9.59. The second-order valence-electron chi connectivity index (χ2n) is 9.20. The number of para-hydroxylation sites is 1. The van der Waals surface area contributed by atoms with Gasteiger partial charge in [-0.25, -0.2) is 0 Å². The number of unbranched alkanes of at least 4 members (excludes halogenated alkanes) is 4. The summed E-state index contributed by atoms with van der Waals surface area (Å²) < 4.78 is 1.99. The molecule has 1 aromatic heterocycles. The number of rotatable bonds is 8. The predicted octanol–water partition coefficient (Wildman–Crippen LogP) is 5.80. The molecular formula is C28H30N2O3. The summed E-state index contributed by atoms with van der Waals surface area (Å²) in [6, 6.07) is 15.3. The Morgan fingerprint density at radius 2 is 1.39 bits per heavy atom. The van der Waals surface area contributed by atoms with Gasteiger partial charge in [-0.2, -0.15) is 0 Å². The van der Waals surface area contributed by atoms with Crippen molar-refractivity contribution >= 4 is 28.6 Å². The smallest absolute Gasteiger partial charge is 0.261 e. The molecule has 3 aromatic rings. The molecule has 0 fully saturated rings. The van der Waals surface area contributed by atoms with Crippen molar-refractivity contribution < 1.29 is 14.4 Å². The van der Waals surface area contributed by atoms with E-state index >= 15 is 0 Å². The van der Waals surface area contributed by atoms with Gasteiger partial charge in [0.15, 0.2) is 0 Å². The van der Waals surface area contributed by atoms with E-state index in [2.05, 4.69) is 18.2 Å². The van der Waals surface area contributed by atoms with Crippen LogP contribution in [0.4, 0.5) is 0 Å². The monoisotopic (exact) mass is 442 g/mol. The van der Waals surface area contributed by atoms with Crippen molar-refractivity contribution in [2.75, 3.05) is 6.54 Å². The van der Waals surface area contributed by atoms with E-state index in [1.807, 2.05) is 10.6 Å². The first-order valence-electron chi connectivity index (χ1n) is 12.3. The highest BCUT2D eigenvalue weighted by molar-refractivity contribution is 6.21. The van der Waals surface area contributed by atoms with E-state index in [0.29, 0.717) is 24.1 Å². The Balaban J connectivity index is 1.09. The zero-order valence-electron chi connectivity index (χ0n) is 19.0. The van der Waals surface area contributed by atoms with Crippen LogP contribution in [0.25, 0.3) is 10.9 Å². The van der Waals surface area contributed by atoms with Crippen molar-refractivity contribution in [3.8, 4) is 0 Å². The molecule has 2 heterocycles. The second kappa shape index (κ2) is 9.34. The van der Waals surface area contributed by atoms with Gasteiger partial charge in [0.1, 0.15) is 0 Å². The number of fused-ring (bicyclic) bond motifs is 4. The average molecular weight is 443 g/mol. The first-order chi connectivity index (χ1) is 16.2. The summed E-state index contributed by atoms with van der Waals surface area (Å²) in [4.78, 5) is 39.3. The number of aromatic nitrogens is 1. The Hall–Kier alpha value is -3.21. The quantitative estimate of drug-likeness (QED) is 0.327. The van der Waals surface area contributed by atoms with E-state index in [9.17, 15) is 14.4 Å². The SMILES string of the molecule is O=C1c2ccccc2C(=O)N1CCCCCCCC(=O)n1c2c(c3ccccc31)CCCC2. The minimum atomic E-state index is -0.177. The molecule has 0 atom stereocenters. The van der Waals surface area contributed by atoms with Crippen LogP contribution in [0.1, 0.15) is 88.1 Å². The highest BCUT2D eigenvalue weighted by Crippen LogP contribution is 2.32. The van der Waals surface area contributed by atoms with Crippen molar-refractivity contribution in [1.82, 2.24) is 9.47 Å². The number of aryl methyl sites for hydroxylation is 1. The van der Waals surface area contributed by atoms with Crippen LogP contribution in [0.2, 0.25) is 0 Å². The summed E-state index contributed by atoms with van der Waals surface area (Å²) in [5.41, 5.74) is 4.70. The van der Waals surface area contributed by atoms with Gasteiger partial charge in [-0.1, -0.05) is 49.6 Å². The molecule has 1 aliphatic heterocycles. The van der Waals surface area contributed by atoms with Crippen molar-refractivity contribution in [1.29, 1.82) is 0 Å². The summed E-state index contributed by atoms with van der Waals surface area (Å²) in [5, 5.41) is 1.24. The number of imide groups is 1. The summed E-state index contributed by atoms with van der Waals surface area (Å²) in [6.45, 7) is 0.465. The molecule has 5 nitrogen and oxygen atoms in total. The van der Waals surface area contributed by atoms with Crippen LogP contribution in [-0.4, -0.2) is 33.7 Å². The lowest BCUT2D eigenvalue weighted by atomic mass is 9.95. The van der Waals surface area contributed by atoms with Gasteiger partial charge in [-0.15, -0.1) is 0 Å². The summed E-state index contributed by atoms with van der Waals surface area (Å²) in [5.74, 6) is -0.146. The lowest BCUT2D eigenvalue weighted by Gasteiger charge is -2.15. The van der Waals surface area contributed by atoms with Crippen molar-refractivity contribution in [2.45, 2.75) is 64.2 Å².